The lowest BCUT2D eigenvalue weighted by Crippen LogP contribution is -2.12. The van der Waals surface area contributed by atoms with Crippen LogP contribution >= 0.6 is 27.5 Å². The molecule has 0 unspecified atom stereocenters. The molecule has 0 spiro atoms. The SMILES string of the molecule is Cc1cc(Oc2ccc(Br)cc2C(=N)N)ccc1Cl. The Morgan fingerprint density at radius 2 is 2.00 bits per heavy atom. The highest BCUT2D eigenvalue weighted by molar-refractivity contribution is 9.10. The smallest absolute Gasteiger partial charge is 0.138 e. The van der Waals surface area contributed by atoms with Crippen molar-refractivity contribution in [2.24, 2.45) is 5.73 Å². The predicted octanol–water partition coefficient (Wildman–Crippen LogP) is 4.49. The topological polar surface area (TPSA) is 59.1 Å². The van der Waals surface area contributed by atoms with Crippen molar-refractivity contribution in [3.8, 4) is 11.5 Å². The fraction of sp³-hybridized carbons (Fsp3) is 0.0714. The molecule has 0 radical (unpaired) electrons. The average Bonchev–Trinajstić information content (AvgIpc) is 2.36. The molecule has 2 aromatic carbocycles. The second-order valence-electron chi connectivity index (χ2n) is 4.07. The Balaban J connectivity index is 2.37. The molecule has 19 heavy (non-hydrogen) atoms. The minimum atomic E-state index is -0.0398. The third kappa shape index (κ3) is 3.28. The Labute approximate surface area is 125 Å². The van der Waals surface area contributed by atoms with E-state index in [9.17, 15) is 0 Å². The Kier molecular flexibility index (Phi) is 4.12. The first-order valence-corrected chi connectivity index (χ1v) is 6.72. The largest absolute Gasteiger partial charge is 0.457 e. The second kappa shape index (κ2) is 5.63. The van der Waals surface area contributed by atoms with Gasteiger partial charge in [-0.25, -0.2) is 0 Å². The van der Waals surface area contributed by atoms with E-state index in [-0.39, 0.29) is 5.84 Å². The molecule has 0 fully saturated rings. The van der Waals surface area contributed by atoms with Crippen LogP contribution in [0.3, 0.4) is 0 Å². The quantitative estimate of drug-likeness (QED) is 0.639. The molecule has 0 amide bonds. The van der Waals surface area contributed by atoms with Crippen LogP contribution in [0.15, 0.2) is 40.9 Å². The van der Waals surface area contributed by atoms with Gasteiger partial charge in [-0.15, -0.1) is 0 Å². The summed E-state index contributed by atoms with van der Waals surface area (Å²) in [5.41, 5.74) is 7.03. The van der Waals surface area contributed by atoms with Crippen molar-refractivity contribution in [1.82, 2.24) is 0 Å². The van der Waals surface area contributed by atoms with Crippen molar-refractivity contribution in [3.05, 3.63) is 57.0 Å². The predicted molar refractivity (Wildman–Crippen MR) is 81.4 cm³/mol. The molecule has 0 aliphatic rings. The van der Waals surface area contributed by atoms with Gasteiger partial charge in [0.15, 0.2) is 0 Å². The lowest BCUT2D eigenvalue weighted by Gasteiger charge is -2.11. The highest BCUT2D eigenvalue weighted by Gasteiger charge is 2.09. The first-order chi connectivity index (χ1) is 8.97. The Morgan fingerprint density at radius 1 is 1.26 bits per heavy atom. The summed E-state index contributed by atoms with van der Waals surface area (Å²) < 4.78 is 6.61. The van der Waals surface area contributed by atoms with E-state index >= 15 is 0 Å². The van der Waals surface area contributed by atoms with E-state index in [1.54, 1.807) is 24.3 Å². The van der Waals surface area contributed by atoms with Gasteiger partial charge in [0, 0.05) is 9.50 Å². The zero-order valence-electron chi connectivity index (χ0n) is 10.2. The van der Waals surface area contributed by atoms with Gasteiger partial charge in [-0.05, 0) is 48.9 Å². The molecule has 2 rings (SSSR count). The highest BCUT2D eigenvalue weighted by atomic mass is 79.9. The molecule has 3 nitrogen and oxygen atoms in total. The summed E-state index contributed by atoms with van der Waals surface area (Å²) in [6, 6.07) is 10.8. The third-order valence-corrected chi connectivity index (χ3v) is 3.51. The maximum Gasteiger partial charge on any atom is 0.138 e. The normalized spacial score (nSPS) is 10.3. The van der Waals surface area contributed by atoms with Crippen LogP contribution in [0.25, 0.3) is 0 Å². The summed E-state index contributed by atoms with van der Waals surface area (Å²) in [6.45, 7) is 1.91. The van der Waals surface area contributed by atoms with Gasteiger partial charge in [-0.2, -0.15) is 0 Å². The summed E-state index contributed by atoms with van der Waals surface area (Å²) in [5, 5.41) is 8.26. The van der Waals surface area contributed by atoms with E-state index in [2.05, 4.69) is 15.9 Å². The van der Waals surface area contributed by atoms with Gasteiger partial charge in [-0.3, -0.25) is 5.41 Å². The van der Waals surface area contributed by atoms with E-state index in [0.29, 0.717) is 22.1 Å². The number of hydrogen-bond donors (Lipinski definition) is 2. The first-order valence-electron chi connectivity index (χ1n) is 5.55. The van der Waals surface area contributed by atoms with Gasteiger partial charge < -0.3 is 10.5 Å². The molecule has 3 N–H and O–H groups in total. The number of rotatable bonds is 3. The zero-order valence-corrected chi connectivity index (χ0v) is 12.5. The van der Waals surface area contributed by atoms with E-state index < -0.39 is 0 Å². The number of amidine groups is 1. The Bertz CT molecular complexity index is 643. The van der Waals surface area contributed by atoms with Gasteiger partial charge >= 0.3 is 0 Å². The zero-order chi connectivity index (χ0) is 14.0. The minimum absolute atomic E-state index is 0.0398. The fourth-order valence-corrected chi connectivity index (χ4v) is 2.09. The number of nitrogen functional groups attached to an aromatic ring is 1. The second-order valence-corrected chi connectivity index (χ2v) is 5.39. The molecule has 0 saturated carbocycles. The summed E-state index contributed by atoms with van der Waals surface area (Å²) >= 11 is 9.32. The van der Waals surface area contributed by atoms with E-state index in [1.807, 2.05) is 19.1 Å². The van der Waals surface area contributed by atoms with E-state index in [1.165, 1.54) is 0 Å². The van der Waals surface area contributed by atoms with E-state index in [0.717, 1.165) is 10.0 Å². The Hall–Kier alpha value is -1.52. The molecule has 0 aliphatic carbocycles. The lowest BCUT2D eigenvalue weighted by atomic mass is 10.2. The number of aryl methyl sites for hydroxylation is 1. The maximum absolute atomic E-state index is 7.57. The monoisotopic (exact) mass is 338 g/mol. The van der Waals surface area contributed by atoms with Crippen molar-refractivity contribution in [1.29, 1.82) is 5.41 Å². The van der Waals surface area contributed by atoms with Gasteiger partial charge in [0.1, 0.15) is 17.3 Å². The van der Waals surface area contributed by atoms with Crippen molar-refractivity contribution in [3.63, 3.8) is 0 Å². The third-order valence-electron chi connectivity index (χ3n) is 2.59. The van der Waals surface area contributed by atoms with E-state index in [4.69, 9.17) is 27.5 Å². The number of benzene rings is 2. The highest BCUT2D eigenvalue weighted by Crippen LogP contribution is 2.29. The van der Waals surface area contributed by atoms with Crippen LogP contribution in [0.2, 0.25) is 5.02 Å². The molecule has 0 aliphatic heterocycles. The number of nitrogens with one attached hydrogen (secondary N) is 1. The molecule has 0 bridgehead atoms. The molecule has 0 heterocycles. The number of halogens is 2. The van der Waals surface area contributed by atoms with Gasteiger partial charge in [-0.1, -0.05) is 27.5 Å². The maximum atomic E-state index is 7.57. The molecule has 2 aromatic rings. The van der Waals surface area contributed by atoms with Crippen LogP contribution in [0, 0.1) is 12.3 Å². The molecule has 0 atom stereocenters. The van der Waals surface area contributed by atoms with Gasteiger partial charge in [0.2, 0.25) is 0 Å². The van der Waals surface area contributed by atoms with Crippen LogP contribution in [0.1, 0.15) is 11.1 Å². The van der Waals surface area contributed by atoms with Crippen LogP contribution in [-0.4, -0.2) is 5.84 Å². The van der Waals surface area contributed by atoms with Gasteiger partial charge in [0.05, 0.1) is 5.56 Å². The van der Waals surface area contributed by atoms with Crippen LogP contribution < -0.4 is 10.5 Å². The molecule has 0 saturated heterocycles. The van der Waals surface area contributed by atoms with Gasteiger partial charge in [0.25, 0.3) is 0 Å². The molecule has 5 heteroatoms. The van der Waals surface area contributed by atoms with Crippen LogP contribution in [-0.2, 0) is 0 Å². The lowest BCUT2D eigenvalue weighted by molar-refractivity contribution is 0.481. The standard InChI is InChI=1S/C14H12BrClN2O/c1-8-6-10(3-4-12(8)16)19-13-5-2-9(15)7-11(13)14(17)18/h2-7H,1H3,(H3,17,18). The molecule has 98 valence electrons. The number of ether oxygens (including phenoxy) is 1. The average molecular weight is 340 g/mol. The number of nitrogens with two attached hydrogens (primary N) is 1. The minimum Gasteiger partial charge on any atom is -0.457 e. The Morgan fingerprint density at radius 3 is 2.63 bits per heavy atom. The molecule has 0 aromatic heterocycles. The summed E-state index contributed by atoms with van der Waals surface area (Å²) in [4.78, 5) is 0. The van der Waals surface area contributed by atoms with Crippen molar-refractivity contribution >= 4 is 33.4 Å². The fourth-order valence-electron chi connectivity index (χ4n) is 1.61. The van der Waals surface area contributed by atoms with Crippen LogP contribution in [0.5, 0.6) is 11.5 Å². The van der Waals surface area contributed by atoms with Crippen molar-refractivity contribution in [2.75, 3.05) is 0 Å². The summed E-state index contributed by atoms with van der Waals surface area (Å²) in [7, 11) is 0. The first kappa shape index (κ1) is 13.9. The summed E-state index contributed by atoms with van der Waals surface area (Å²) in [5.74, 6) is 1.16. The van der Waals surface area contributed by atoms with Crippen molar-refractivity contribution in [2.45, 2.75) is 6.92 Å². The number of hydrogen-bond acceptors (Lipinski definition) is 2. The summed E-state index contributed by atoms with van der Waals surface area (Å²) in [6.07, 6.45) is 0. The van der Waals surface area contributed by atoms with Crippen LogP contribution in [0.4, 0.5) is 0 Å². The van der Waals surface area contributed by atoms with Crippen molar-refractivity contribution < 1.29 is 4.74 Å². The molecular weight excluding hydrogens is 328 g/mol. The molecular formula is C14H12BrClN2O.